The van der Waals surface area contributed by atoms with Gasteiger partial charge in [-0.05, 0) is 18.2 Å². The Kier molecular flexibility index (Phi) is 2.41. The summed E-state index contributed by atoms with van der Waals surface area (Å²) in [6.07, 6.45) is 2.41. The van der Waals surface area contributed by atoms with Crippen LogP contribution in [0.5, 0.6) is 0 Å². The second kappa shape index (κ2) is 3.50. The van der Waals surface area contributed by atoms with Crippen LogP contribution in [-0.4, -0.2) is 4.92 Å². The summed E-state index contributed by atoms with van der Waals surface area (Å²) >= 11 is 0. The molecule has 1 aromatic rings. The average Bonchev–Trinajstić information content (AvgIpc) is 2.16. The van der Waals surface area contributed by atoms with Crippen LogP contribution in [0.15, 0.2) is 24.8 Å². The Morgan fingerprint density at radius 3 is 2.69 bits per heavy atom. The van der Waals surface area contributed by atoms with Crippen molar-refractivity contribution >= 4 is 5.69 Å². The normalized spacial score (nSPS) is 8.85. The quantitative estimate of drug-likeness (QED) is 0.505. The summed E-state index contributed by atoms with van der Waals surface area (Å²) in [5.74, 6) is 0. The van der Waals surface area contributed by atoms with Crippen LogP contribution in [0, 0.1) is 27.5 Å². The first-order valence-electron chi connectivity index (χ1n) is 3.40. The van der Waals surface area contributed by atoms with E-state index in [2.05, 4.69) is 12.7 Å². The first-order valence-corrected chi connectivity index (χ1v) is 3.40. The van der Waals surface area contributed by atoms with E-state index < -0.39 is 4.92 Å². The summed E-state index contributed by atoms with van der Waals surface area (Å²) in [6.45, 7) is 3.31. The molecular formula is C9H5N2O2. The van der Waals surface area contributed by atoms with E-state index in [0.29, 0.717) is 5.56 Å². The molecule has 0 aliphatic carbocycles. The van der Waals surface area contributed by atoms with E-state index in [4.69, 9.17) is 5.26 Å². The number of benzene rings is 1. The van der Waals surface area contributed by atoms with Crippen molar-refractivity contribution in [1.29, 1.82) is 5.26 Å². The van der Waals surface area contributed by atoms with Gasteiger partial charge in [-0.25, -0.2) is 0 Å². The minimum absolute atomic E-state index is 0.0889. The first-order chi connectivity index (χ1) is 6.19. The van der Waals surface area contributed by atoms with Crippen molar-refractivity contribution in [2.75, 3.05) is 0 Å². The summed E-state index contributed by atoms with van der Waals surface area (Å²) in [4.78, 5) is 9.90. The minimum Gasteiger partial charge on any atom is -0.258 e. The Hall–Kier alpha value is -2.15. The standard InChI is InChI=1S/C9H5N2O2/c1-2-8-5-7(6-10)3-4-9(8)11(12)13/h3-5H,1H2. The van der Waals surface area contributed by atoms with E-state index in [1.807, 2.05) is 6.07 Å². The van der Waals surface area contributed by atoms with Gasteiger partial charge in [0.25, 0.3) is 5.69 Å². The number of rotatable bonds is 2. The molecule has 4 nitrogen and oxygen atoms in total. The summed E-state index contributed by atoms with van der Waals surface area (Å²) in [5.41, 5.74) is 0.509. The van der Waals surface area contributed by atoms with Gasteiger partial charge in [0.2, 0.25) is 0 Å². The monoisotopic (exact) mass is 173 g/mol. The van der Waals surface area contributed by atoms with Crippen molar-refractivity contribution in [3.8, 4) is 6.07 Å². The maximum absolute atomic E-state index is 10.4. The third kappa shape index (κ3) is 1.71. The zero-order chi connectivity index (χ0) is 9.84. The third-order valence-electron chi connectivity index (χ3n) is 1.51. The molecule has 0 atom stereocenters. The van der Waals surface area contributed by atoms with Gasteiger partial charge in [-0.1, -0.05) is 6.58 Å². The van der Waals surface area contributed by atoms with Gasteiger partial charge in [0.1, 0.15) is 0 Å². The number of hydrogen-bond donors (Lipinski definition) is 0. The van der Waals surface area contributed by atoms with Crippen molar-refractivity contribution in [3.05, 3.63) is 52.1 Å². The van der Waals surface area contributed by atoms with E-state index >= 15 is 0 Å². The van der Waals surface area contributed by atoms with Crippen molar-refractivity contribution in [2.24, 2.45) is 0 Å². The van der Waals surface area contributed by atoms with Crippen molar-refractivity contribution in [2.45, 2.75) is 0 Å². The van der Waals surface area contributed by atoms with Gasteiger partial charge in [0.05, 0.1) is 22.1 Å². The fourth-order valence-corrected chi connectivity index (χ4v) is 0.906. The molecule has 0 spiro atoms. The van der Waals surface area contributed by atoms with E-state index in [1.165, 1.54) is 18.2 Å². The van der Waals surface area contributed by atoms with Crippen LogP contribution >= 0.6 is 0 Å². The highest BCUT2D eigenvalue weighted by Gasteiger charge is 2.11. The largest absolute Gasteiger partial charge is 0.277 e. The molecule has 1 aromatic carbocycles. The van der Waals surface area contributed by atoms with Crippen LogP contribution in [0.3, 0.4) is 0 Å². The molecule has 0 N–H and O–H groups in total. The van der Waals surface area contributed by atoms with Crippen molar-refractivity contribution in [3.63, 3.8) is 0 Å². The third-order valence-corrected chi connectivity index (χ3v) is 1.51. The van der Waals surface area contributed by atoms with Gasteiger partial charge in [0, 0.05) is 6.07 Å². The molecule has 0 heterocycles. The van der Waals surface area contributed by atoms with Gasteiger partial charge in [-0.2, -0.15) is 5.26 Å². The number of nitro benzene ring substituents is 1. The molecular weight excluding hydrogens is 168 g/mol. The molecule has 0 amide bonds. The summed E-state index contributed by atoms with van der Waals surface area (Å²) in [5, 5.41) is 19.0. The number of nitro groups is 1. The fraction of sp³-hybridized carbons (Fsp3) is 0. The topological polar surface area (TPSA) is 66.9 Å². The lowest BCUT2D eigenvalue weighted by molar-refractivity contribution is -0.385. The lowest BCUT2D eigenvalue weighted by Crippen LogP contribution is -1.92. The molecule has 1 rings (SSSR count). The summed E-state index contributed by atoms with van der Waals surface area (Å²) < 4.78 is 0. The molecule has 0 unspecified atom stereocenters. The number of nitriles is 1. The Balaban J connectivity index is 3.33. The Labute approximate surface area is 74.9 Å². The molecule has 0 aliphatic rings. The zero-order valence-corrected chi connectivity index (χ0v) is 6.65. The molecule has 0 saturated carbocycles. The highest BCUT2D eigenvalue weighted by molar-refractivity contribution is 5.48. The molecule has 13 heavy (non-hydrogen) atoms. The van der Waals surface area contributed by atoms with Gasteiger partial charge >= 0.3 is 0 Å². The van der Waals surface area contributed by atoms with Crippen LogP contribution in [-0.2, 0) is 0 Å². The van der Waals surface area contributed by atoms with E-state index in [1.54, 1.807) is 0 Å². The Morgan fingerprint density at radius 1 is 1.54 bits per heavy atom. The smallest absolute Gasteiger partial charge is 0.258 e. The first kappa shape index (κ1) is 8.94. The minimum atomic E-state index is -0.533. The molecule has 0 fully saturated rings. The lowest BCUT2D eigenvalue weighted by Gasteiger charge is -1.95. The van der Waals surface area contributed by atoms with Crippen molar-refractivity contribution < 1.29 is 4.92 Å². The van der Waals surface area contributed by atoms with Gasteiger partial charge in [0.15, 0.2) is 0 Å². The van der Waals surface area contributed by atoms with Gasteiger partial charge in [-0.3, -0.25) is 10.1 Å². The highest BCUT2D eigenvalue weighted by Crippen LogP contribution is 2.19. The number of nitrogens with zero attached hydrogens (tertiary/aromatic N) is 2. The maximum Gasteiger partial charge on any atom is 0.277 e. The summed E-state index contributed by atoms with van der Waals surface area (Å²) in [6, 6.07) is 5.92. The van der Waals surface area contributed by atoms with Gasteiger partial charge < -0.3 is 0 Å². The Morgan fingerprint density at radius 2 is 2.23 bits per heavy atom. The molecule has 0 saturated heterocycles. The van der Waals surface area contributed by atoms with Crippen LogP contribution in [0.2, 0.25) is 0 Å². The van der Waals surface area contributed by atoms with Crippen LogP contribution in [0.1, 0.15) is 11.1 Å². The van der Waals surface area contributed by atoms with Gasteiger partial charge in [-0.15, -0.1) is 0 Å². The van der Waals surface area contributed by atoms with E-state index in [-0.39, 0.29) is 11.3 Å². The number of hydrogen-bond acceptors (Lipinski definition) is 3. The summed E-state index contributed by atoms with van der Waals surface area (Å²) in [7, 11) is 0. The molecule has 0 aromatic heterocycles. The molecule has 4 heteroatoms. The van der Waals surface area contributed by atoms with Crippen LogP contribution < -0.4 is 0 Å². The predicted molar refractivity (Wildman–Crippen MR) is 45.8 cm³/mol. The van der Waals surface area contributed by atoms with Crippen LogP contribution in [0.25, 0.3) is 0 Å². The highest BCUT2D eigenvalue weighted by atomic mass is 16.6. The molecule has 63 valence electrons. The zero-order valence-electron chi connectivity index (χ0n) is 6.65. The SMILES string of the molecule is C=[C]c1cc(C#N)ccc1[N+](=O)[O-]. The second-order valence-corrected chi connectivity index (χ2v) is 2.28. The molecule has 0 bridgehead atoms. The van der Waals surface area contributed by atoms with E-state index in [0.717, 1.165) is 0 Å². The lowest BCUT2D eigenvalue weighted by atomic mass is 10.1. The predicted octanol–water partition coefficient (Wildman–Crippen LogP) is 1.80. The molecule has 0 aliphatic heterocycles. The fourth-order valence-electron chi connectivity index (χ4n) is 0.906. The van der Waals surface area contributed by atoms with Crippen molar-refractivity contribution in [1.82, 2.24) is 0 Å². The van der Waals surface area contributed by atoms with Crippen LogP contribution in [0.4, 0.5) is 5.69 Å². The molecule has 1 radical (unpaired) electrons. The average molecular weight is 173 g/mol. The second-order valence-electron chi connectivity index (χ2n) is 2.28. The van der Waals surface area contributed by atoms with E-state index in [9.17, 15) is 10.1 Å². The Bertz CT molecular complexity index is 405. The maximum atomic E-state index is 10.4.